The molecule has 0 aromatic heterocycles. The fourth-order valence-corrected chi connectivity index (χ4v) is 4.76. The molecule has 1 fully saturated rings. The lowest BCUT2D eigenvalue weighted by molar-refractivity contribution is -0.146. The number of benzene rings is 1. The average Bonchev–Trinajstić information content (AvgIpc) is 2.90. The molecule has 4 unspecified atom stereocenters. The molecule has 4 atom stereocenters. The third-order valence-corrected chi connectivity index (χ3v) is 7.39. The van der Waals surface area contributed by atoms with Gasteiger partial charge in [-0.2, -0.15) is 0 Å². The van der Waals surface area contributed by atoms with E-state index in [4.69, 9.17) is 9.47 Å². The van der Waals surface area contributed by atoms with Crippen LogP contribution < -0.4 is 14.8 Å². The fourth-order valence-electron chi connectivity index (χ4n) is 4.76. The topological polar surface area (TPSA) is 88.2 Å². The number of hydrogen-bond acceptors (Lipinski definition) is 5. The quantitative estimate of drug-likeness (QED) is 0.464. The van der Waals surface area contributed by atoms with Crippen molar-refractivity contribution in [1.29, 1.82) is 0 Å². The summed E-state index contributed by atoms with van der Waals surface area (Å²) in [6, 6.07) is 4.24. The number of hydrogen-bond donors (Lipinski definition) is 1. The van der Waals surface area contributed by atoms with Crippen LogP contribution in [0.4, 0.5) is 0 Å². The van der Waals surface area contributed by atoms with Gasteiger partial charge in [0.25, 0.3) is 5.91 Å². The van der Waals surface area contributed by atoms with Crippen LogP contribution in [0, 0.1) is 11.8 Å². The van der Waals surface area contributed by atoms with Crippen molar-refractivity contribution in [3.05, 3.63) is 23.8 Å². The number of ether oxygens (including phenoxy) is 2. The second-order valence-corrected chi connectivity index (χ2v) is 9.82. The Kier molecular flexibility index (Phi) is 11.5. The minimum atomic E-state index is -0.670. The number of nitrogens with zero attached hydrogens (tertiary/aromatic N) is 2. The van der Waals surface area contributed by atoms with Gasteiger partial charge in [0, 0.05) is 37.7 Å². The van der Waals surface area contributed by atoms with Crippen molar-refractivity contribution in [3.8, 4) is 11.5 Å². The molecule has 0 spiro atoms. The van der Waals surface area contributed by atoms with E-state index in [2.05, 4.69) is 19.2 Å². The second kappa shape index (κ2) is 14.1. The van der Waals surface area contributed by atoms with E-state index in [1.54, 1.807) is 30.2 Å². The van der Waals surface area contributed by atoms with E-state index in [-0.39, 0.29) is 35.6 Å². The Labute approximate surface area is 216 Å². The molecule has 1 N–H and O–H groups in total. The van der Waals surface area contributed by atoms with Crippen LogP contribution >= 0.6 is 0 Å². The molecule has 1 aliphatic heterocycles. The zero-order valence-electron chi connectivity index (χ0n) is 23.1. The summed E-state index contributed by atoms with van der Waals surface area (Å²) in [6.07, 6.45) is 4.61. The standard InChI is InChI=1S/C28H45N3O5/c1-8-11-12-21(10-3)27(33)31-16-15-30(18-20(31)5)28(34)25(19(4)9-2)29-26(32)23-14-13-22(35-6)17-24(23)36-7/h13-14,17,19-21,25H,8-12,15-16,18H2,1-7H3,(H,29,32). The maximum atomic E-state index is 13.6. The zero-order chi connectivity index (χ0) is 26.8. The molecule has 8 nitrogen and oxygen atoms in total. The van der Waals surface area contributed by atoms with Crippen LogP contribution in [0.3, 0.4) is 0 Å². The third-order valence-electron chi connectivity index (χ3n) is 7.39. The number of rotatable bonds is 12. The molecule has 0 bridgehead atoms. The molecule has 1 heterocycles. The van der Waals surface area contributed by atoms with Crippen molar-refractivity contribution in [3.63, 3.8) is 0 Å². The minimum Gasteiger partial charge on any atom is -0.497 e. The van der Waals surface area contributed by atoms with Gasteiger partial charge < -0.3 is 24.6 Å². The molecule has 0 radical (unpaired) electrons. The molecule has 8 heteroatoms. The Balaban J connectivity index is 2.14. The summed E-state index contributed by atoms with van der Waals surface area (Å²) in [5.41, 5.74) is 0.348. The molecule has 1 aromatic carbocycles. The number of carbonyl (C=O) groups excluding carboxylic acids is 3. The van der Waals surface area contributed by atoms with Gasteiger partial charge in [-0.05, 0) is 37.8 Å². The second-order valence-electron chi connectivity index (χ2n) is 9.82. The van der Waals surface area contributed by atoms with Gasteiger partial charge in [0.2, 0.25) is 11.8 Å². The highest BCUT2D eigenvalue weighted by molar-refractivity contribution is 6.00. The van der Waals surface area contributed by atoms with Crippen molar-refractivity contribution >= 4 is 17.7 Å². The molecule has 36 heavy (non-hydrogen) atoms. The summed E-state index contributed by atoms with van der Waals surface area (Å²) in [5.74, 6) is 0.680. The molecule has 1 aliphatic rings. The van der Waals surface area contributed by atoms with E-state index >= 15 is 0 Å². The fraction of sp³-hybridized carbons (Fsp3) is 0.679. The summed E-state index contributed by atoms with van der Waals surface area (Å²) in [4.78, 5) is 43.7. The molecule has 2 rings (SSSR count). The van der Waals surface area contributed by atoms with Crippen LogP contribution in [0.15, 0.2) is 18.2 Å². The van der Waals surface area contributed by atoms with Crippen molar-refractivity contribution in [2.24, 2.45) is 11.8 Å². The van der Waals surface area contributed by atoms with Gasteiger partial charge >= 0.3 is 0 Å². The van der Waals surface area contributed by atoms with E-state index in [0.717, 1.165) is 32.1 Å². The lowest BCUT2D eigenvalue weighted by atomic mass is 9.95. The summed E-state index contributed by atoms with van der Waals surface area (Å²) < 4.78 is 10.6. The first-order valence-corrected chi connectivity index (χ1v) is 13.3. The minimum absolute atomic E-state index is 0.0429. The Bertz CT molecular complexity index is 890. The zero-order valence-corrected chi connectivity index (χ0v) is 23.1. The van der Waals surface area contributed by atoms with Gasteiger partial charge in [0.15, 0.2) is 0 Å². The van der Waals surface area contributed by atoms with Gasteiger partial charge in [-0.25, -0.2) is 0 Å². The Morgan fingerprint density at radius 2 is 1.78 bits per heavy atom. The van der Waals surface area contributed by atoms with Crippen molar-refractivity contribution < 1.29 is 23.9 Å². The lowest BCUT2D eigenvalue weighted by Crippen LogP contribution is -2.60. The van der Waals surface area contributed by atoms with Gasteiger partial charge in [-0.3, -0.25) is 14.4 Å². The van der Waals surface area contributed by atoms with Gasteiger partial charge in [-0.15, -0.1) is 0 Å². The highest BCUT2D eigenvalue weighted by Crippen LogP contribution is 2.26. The predicted molar refractivity (Wildman–Crippen MR) is 141 cm³/mol. The molecule has 202 valence electrons. The molecule has 0 saturated carbocycles. The van der Waals surface area contributed by atoms with Crippen molar-refractivity contribution in [2.45, 2.75) is 78.8 Å². The van der Waals surface area contributed by atoms with Gasteiger partial charge in [0.05, 0.1) is 19.8 Å². The highest BCUT2D eigenvalue weighted by Gasteiger charge is 2.36. The monoisotopic (exact) mass is 503 g/mol. The van der Waals surface area contributed by atoms with Crippen LogP contribution in [0.2, 0.25) is 0 Å². The third kappa shape index (κ3) is 7.14. The smallest absolute Gasteiger partial charge is 0.255 e. The molecular formula is C28H45N3O5. The molecule has 1 saturated heterocycles. The SMILES string of the molecule is CCCCC(CC)C(=O)N1CCN(C(=O)C(NC(=O)c2ccc(OC)cc2OC)C(C)CC)CC1C. The van der Waals surface area contributed by atoms with Crippen LogP contribution in [-0.4, -0.2) is 73.5 Å². The van der Waals surface area contributed by atoms with Crippen LogP contribution in [0.1, 0.15) is 77.1 Å². The maximum absolute atomic E-state index is 13.6. The largest absolute Gasteiger partial charge is 0.497 e. The number of methoxy groups -OCH3 is 2. The van der Waals surface area contributed by atoms with E-state index in [1.165, 1.54) is 7.11 Å². The average molecular weight is 504 g/mol. The number of nitrogens with one attached hydrogen (secondary N) is 1. The van der Waals surface area contributed by atoms with Gasteiger partial charge in [-0.1, -0.05) is 47.0 Å². The summed E-state index contributed by atoms with van der Waals surface area (Å²) >= 11 is 0. The molecule has 1 aromatic rings. The Morgan fingerprint density at radius 1 is 1.06 bits per heavy atom. The van der Waals surface area contributed by atoms with Crippen LogP contribution in [-0.2, 0) is 9.59 Å². The molecular weight excluding hydrogens is 458 g/mol. The summed E-state index contributed by atoms with van der Waals surface area (Å²) in [7, 11) is 3.05. The van der Waals surface area contributed by atoms with Crippen molar-refractivity contribution in [2.75, 3.05) is 33.9 Å². The number of unbranched alkanes of at least 4 members (excludes halogenated alkanes) is 1. The maximum Gasteiger partial charge on any atom is 0.255 e. The first kappa shape index (κ1) is 29.5. The highest BCUT2D eigenvalue weighted by atomic mass is 16.5. The number of amides is 3. The predicted octanol–water partition coefficient (Wildman–Crippen LogP) is 4.12. The molecule has 3 amide bonds. The summed E-state index contributed by atoms with van der Waals surface area (Å²) in [5, 5.41) is 2.96. The van der Waals surface area contributed by atoms with E-state index < -0.39 is 6.04 Å². The lowest BCUT2D eigenvalue weighted by Gasteiger charge is -2.42. The molecule has 0 aliphatic carbocycles. The van der Waals surface area contributed by atoms with Gasteiger partial charge in [0.1, 0.15) is 17.5 Å². The van der Waals surface area contributed by atoms with Crippen molar-refractivity contribution in [1.82, 2.24) is 15.1 Å². The first-order valence-electron chi connectivity index (χ1n) is 13.3. The van der Waals surface area contributed by atoms with E-state index in [9.17, 15) is 14.4 Å². The van der Waals surface area contributed by atoms with E-state index in [0.29, 0.717) is 36.7 Å². The first-order chi connectivity index (χ1) is 17.2. The number of piperazine rings is 1. The normalized spacial score (nSPS) is 18.2. The van der Waals surface area contributed by atoms with Crippen LogP contribution in [0.5, 0.6) is 11.5 Å². The Hall–Kier alpha value is -2.77. The van der Waals surface area contributed by atoms with Crippen LogP contribution in [0.25, 0.3) is 0 Å². The Morgan fingerprint density at radius 3 is 2.33 bits per heavy atom. The number of carbonyl (C=O) groups is 3. The summed E-state index contributed by atoms with van der Waals surface area (Å²) in [6.45, 7) is 11.6. The van der Waals surface area contributed by atoms with E-state index in [1.807, 2.05) is 25.7 Å².